The van der Waals surface area contributed by atoms with E-state index >= 15 is 0 Å². The Bertz CT molecular complexity index is 491. The van der Waals surface area contributed by atoms with Crippen LogP contribution in [0.3, 0.4) is 0 Å². The maximum absolute atomic E-state index is 12.6. The Morgan fingerprint density at radius 3 is 2.79 bits per heavy atom. The molecule has 1 aromatic rings. The van der Waals surface area contributed by atoms with Crippen molar-refractivity contribution >= 4 is 35.2 Å². The number of carboxylic acids is 1. The molecule has 19 heavy (non-hydrogen) atoms. The molecule has 2 unspecified atom stereocenters. The largest absolute Gasteiger partial charge is 0.480 e. The van der Waals surface area contributed by atoms with Gasteiger partial charge in [0.2, 0.25) is 0 Å². The molecule has 0 saturated carbocycles. The zero-order valence-corrected chi connectivity index (χ0v) is 12.3. The van der Waals surface area contributed by atoms with Crippen molar-refractivity contribution in [3.63, 3.8) is 0 Å². The second kappa shape index (κ2) is 5.87. The fourth-order valence-corrected chi connectivity index (χ4v) is 4.10. The maximum Gasteiger partial charge on any atom is 0.327 e. The molecule has 0 spiro atoms. The second-order valence-corrected chi connectivity index (χ2v) is 6.13. The third-order valence-electron chi connectivity index (χ3n) is 3.05. The van der Waals surface area contributed by atoms with Crippen molar-refractivity contribution in [2.75, 3.05) is 5.75 Å². The number of carbonyl (C=O) groups is 2. The summed E-state index contributed by atoms with van der Waals surface area (Å²) in [5, 5.41) is 13.1. The molecule has 1 amide bonds. The van der Waals surface area contributed by atoms with Gasteiger partial charge in [0.1, 0.15) is 10.9 Å². The van der Waals surface area contributed by atoms with Crippen molar-refractivity contribution in [1.82, 2.24) is 14.5 Å². The standard InChI is InChI=1S/C11H15N3O3S2/c1-3-6-9(19-13-12-6)10(15)14-7(11(16)17)5-18-8(14)4-2/h7-8H,3-5H2,1-2H3,(H,16,17). The van der Waals surface area contributed by atoms with Gasteiger partial charge in [-0.25, -0.2) is 4.79 Å². The lowest BCUT2D eigenvalue weighted by Gasteiger charge is -2.26. The number of hydrogen-bond acceptors (Lipinski definition) is 6. The summed E-state index contributed by atoms with van der Waals surface area (Å²) in [6, 6.07) is -0.755. The normalized spacial score (nSPS) is 22.7. The summed E-state index contributed by atoms with van der Waals surface area (Å²) in [6.07, 6.45) is 1.35. The van der Waals surface area contributed by atoms with Gasteiger partial charge in [0.05, 0.1) is 11.1 Å². The highest BCUT2D eigenvalue weighted by Crippen LogP contribution is 2.33. The number of amides is 1. The molecule has 2 heterocycles. The molecule has 1 aromatic heterocycles. The van der Waals surface area contributed by atoms with Crippen LogP contribution in [-0.4, -0.2) is 48.6 Å². The quantitative estimate of drug-likeness (QED) is 0.907. The number of aliphatic carboxylic acids is 1. The first-order valence-electron chi connectivity index (χ1n) is 6.08. The van der Waals surface area contributed by atoms with Crippen molar-refractivity contribution in [2.45, 2.75) is 38.1 Å². The predicted octanol–water partition coefficient (Wildman–Crippen LogP) is 1.48. The summed E-state index contributed by atoms with van der Waals surface area (Å²) in [4.78, 5) is 25.8. The molecular weight excluding hydrogens is 286 g/mol. The Balaban J connectivity index is 2.31. The first-order chi connectivity index (χ1) is 9.10. The molecule has 1 N–H and O–H groups in total. The van der Waals surface area contributed by atoms with Gasteiger partial charge in [0.15, 0.2) is 0 Å². The van der Waals surface area contributed by atoms with Crippen molar-refractivity contribution in [2.24, 2.45) is 0 Å². The fraction of sp³-hybridized carbons (Fsp3) is 0.636. The monoisotopic (exact) mass is 301 g/mol. The first-order valence-corrected chi connectivity index (χ1v) is 7.90. The number of rotatable bonds is 4. The number of aryl methyl sites for hydroxylation is 1. The molecule has 2 rings (SSSR count). The summed E-state index contributed by atoms with van der Waals surface area (Å²) in [6.45, 7) is 3.85. The van der Waals surface area contributed by atoms with Crippen molar-refractivity contribution in [3.05, 3.63) is 10.6 Å². The lowest BCUT2D eigenvalue weighted by Crippen LogP contribution is -2.45. The molecule has 1 aliphatic rings. The van der Waals surface area contributed by atoms with Crippen LogP contribution in [0, 0.1) is 0 Å². The molecule has 1 saturated heterocycles. The fourth-order valence-electron chi connectivity index (χ4n) is 2.06. The van der Waals surface area contributed by atoms with E-state index in [1.807, 2.05) is 13.8 Å². The van der Waals surface area contributed by atoms with E-state index in [1.165, 1.54) is 16.7 Å². The van der Waals surface area contributed by atoms with Gasteiger partial charge in [-0.15, -0.1) is 16.9 Å². The van der Waals surface area contributed by atoms with Crippen LogP contribution in [0.4, 0.5) is 0 Å². The van der Waals surface area contributed by atoms with Crippen LogP contribution in [0.1, 0.15) is 35.6 Å². The Hall–Kier alpha value is -1.15. The van der Waals surface area contributed by atoms with Gasteiger partial charge in [-0.05, 0) is 24.4 Å². The lowest BCUT2D eigenvalue weighted by atomic mass is 10.2. The number of aromatic nitrogens is 2. The van der Waals surface area contributed by atoms with Crippen molar-refractivity contribution in [3.8, 4) is 0 Å². The molecule has 104 valence electrons. The van der Waals surface area contributed by atoms with Crippen molar-refractivity contribution in [1.29, 1.82) is 0 Å². The van der Waals surface area contributed by atoms with Gasteiger partial charge in [-0.3, -0.25) is 4.79 Å². The van der Waals surface area contributed by atoms with Gasteiger partial charge in [-0.2, -0.15) is 0 Å². The molecule has 6 nitrogen and oxygen atoms in total. The van der Waals surface area contributed by atoms with Crippen LogP contribution >= 0.6 is 23.3 Å². The molecule has 0 bridgehead atoms. The highest BCUT2D eigenvalue weighted by molar-refractivity contribution is 8.00. The van der Waals surface area contributed by atoms with E-state index in [9.17, 15) is 14.7 Å². The van der Waals surface area contributed by atoms with Crippen LogP contribution < -0.4 is 0 Å². The molecule has 1 fully saturated rings. The summed E-state index contributed by atoms with van der Waals surface area (Å²) < 4.78 is 3.80. The van der Waals surface area contributed by atoms with E-state index in [-0.39, 0.29) is 11.3 Å². The number of carboxylic acid groups (broad SMARTS) is 1. The van der Waals surface area contributed by atoms with Gasteiger partial charge >= 0.3 is 5.97 Å². The summed E-state index contributed by atoms with van der Waals surface area (Å²) in [5.41, 5.74) is 0.644. The van der Waals surface area contributed by atoms with E-state index in [0.717, 1.165) is 18.0 Å². The lowest BCUT2D eigenvalue weighted by molar-refractivity contribution is -0.141. The summed E-state index contributed by atoms with van der Waals surface area (Å²) in [5.74, 6) is -0.767. The minimum absolute atomic E-state index is 0.0830. The molecule has 0 aliphatic carbocycles. The SMILES string of the molecule is CCc1nnsc1C(=O)N1C(CC)SCC1C(=O)O. The van der Waals surface area contributed by atoms with E-state index in [2.05, 4.69) is 9.59 Å². The maximum atomic E-state index is 12.6. The Kier molecular flexibility index (Phi) is 4.41. The van der Waals surface area contributed by atoms with E-state index in [4.69, 9.17) is 0 Å². The van der Waals surface area contributed by atoms with Gasteiger partial charge in [0, 0.05) is 5.75 Å². The Morgan fingerprint density at radius 2 is 2.21 bits per heavy atom. The topological polar surface area (TPSA) is 83.4 Å². The van der Waals surface area contributed by atoms with Crippen LogP contribution in [0.2, 0.25) is 0 Å². The molecule has 1 aliphatic heterocycles. The van der Waals surface area contributed by atoms with E-state index < -0.39 is 12.0 Å². The molecule has 0 radical (unpaired) electrons. The average Bonchev–Trinajstić information content (AvgIpc) is 3.03. The predicted molar refractivity (Wildman–Crippen MR) is 73.4 cm³/mol. The molecule has 0 aromatic carbocycles. The number of thioether (sulfide) groups is 1. The van der Waals surface area contributed by atoms with Crippen LogP contribution in [0.25, 0.3) is 0 Å². The zero-order valence-electron chi connectivity index (χ0n) is 10.7. The molecular formula is C11H15N3O3S2. The highest BCUT2D eigenvalue weighted by atomic mass is 32.2. The zero-order chi connectivity index (χ0) is 14.0. The van der Waals surface area contributed by atoms with Gasteiger partial charge in [-0.1, -0.05) is 18.3 Å². The van der Waals surface area contributed by atoms with Crippen LogP contribution in [0.15, 0.2) is 0 Å². The average molecular weight is 301 g/mol. The third-order valence-corrected chi connectivity index (χ3v) is 5.26. The Morgan fingerprint density at radius 1 is 1.47 bits per heavy atom. The Labute approximate surface area is 119 Å². The van der Waals surface area contributed by atoms with Crippen LogP contribution in [0.5, 0.6) is 0 Å². The van der Waals surface area contributed by atoms with E-state index in [0.29, 0.717) is 22.7 Å². The number of hydrogen-bond donors (Lipinski definition) is 1. The first kappa shape index (κ1) is 14.3. The summed E-state index contributed by atoms with van der Waals surface area (Å²) in [7, 11) is 0. The minimum Gasteiger partial charge on any atom is -0.480 e. The van der Waals surface area contributed by atoms with Crippen molar-refractivity contribution < 1.29 is 14.7 Å². The number of carbonyl (C=O) groups excluding carboxylic acids is 1. The van der Waals surface area contributed by atoms with E-state index in [1.54, 1.807) is 0 Å². The highest BCUT2D eigenvalue weighted by Gasteiger charge is 2.42. The molecule has 8 heteroatoms. The third kappa shape index (κ3) is 2.59. The van der Waals surface area contributed by atoms with Gasteiger partial charge < -0.3 is 10.0 Å². The smallest absolute Gasteiger partial charge is 0.327 e. The van der Waals surface area contributed by atoms with Crippen LogP contribution in [-0.2, 0) is 11.2 Å². The second-order valence-electron chi connectivity index (χ2n) is 4.16. The summed E-state index contributed by atoms with van der Waals surface area (Å²) >= 11 is 2.55. The molecule has 2 atom stereocenters. The number of nitrogens with zero attached hydrogens (tertiary/aromatic N) is 3. The minimum atomic E-state index is -0.952. The van der Waals surface area contributed by atoms with Gasteiger partial charge in [0.25, 0.3) is 5.91 Å².